The largest absolute Gasteiger partial charge is 0.451 e. The highest BCUT2D eigenvalue weighted by Gasteiger charge is 2.38. The van der Waals surface area contributed by atoms with Gasteiger partial charge in [0.25, 0.3) is 11.8 Å². The smallest absolute Gasteiger partial charge is 0.449 e. The first-order chi connectivity index (χ1) is 17.6. The van der Waals surface area contributed by atoms with E-state index in [4.69, 9.17) is 43.5 Å². The fraction of sp³-hybridized carbons (Fsp3) is 0.0833. The molecule has 38 heavy (non-hydrogen) atoms. The second kappa shape index (κ2) is 10.8. The van der Waals surface area contributed by atoms with E-state index in [2.05, 4.69) is 0 Å². The number of rotatable bonds is 4. The second-order valence-electron chi connectivity index (χ2n) is 7.39. The standard InChI is InChI=1S/2C12H7ClF3NO2/c2*13-8-4-2-1-3-6(8)10-7(11(17)18)5-9(19-10)12(14,15)16/h2*1-5H,(H2,17,18). The maximum atomic E-state index is 12.6. The number of alkyl halides is 6. The number of primary amides is 2. The van der Waals surface area contributed by atoms with Gasteiger partial charge in [0.1, 0.15) is 11.5 Å². The molecule has 0 spiro atoms. The molecule has 0 fully saturated rings. The average Bonchev–Trinajstić information content (AvgIpc) is 3.46. The summed E-state index contributed by atoms with van der Waals surface area (Å²) in [6.07, 6.45) is -9.41. The molecule has 2 heterocycles. The van der Waals surface area contributed by atoms with Gasteiger partial charge >= 0.3 is 12.4 Å². The highest BCUT2D eigenvalue weighted by atomic mass is 35.5. The maximum absolute atomic E-state index is 12.6. The van der Waals surface area contributed by atoms with Gasteiger partial charge in [0.2, 0.25) is 11.5 Å². The Bertz CT molecular complexity index is 1380. The summed E-state index contributed by atoms with van der Waals surface area (Å²) in [5, 5.41) is 0.321. The van der Waals surface area contributed by atoms with Crippen LogP contribution in [0, 0.1) is 0 Å². The normalized spacial score (nSPS) is 11.6. The van der Waals surface area contributed by atoms with Crippen LogP contribution in [0.25, 0.3) is 22.6 Å². The molecule has 0 unspecified atom stereocenters. The number of hydrogen-bond donors (Lipinski definition) is 2. The predicted molar refractivity (Wildman–Crippen MR) is 125 cm³/mol. The molecule has 4 aromatic rings. The zero-order valence-electron chi connectivity index (χ0n) is 18.6. The van der Waals surface area contributed by atoms with Crippen LogP contribution in [0.1, 0.15) is 32.2 Å². The minimum atomic E-state index is -4.70. The van der Waals surface area contributed by atoms with Crippen molar-refractivity contribution in [1.82, 2.24) is 0 Å². The van der Waals surface area contributed by atoms with Gasteiger partial charge in [-0.1, -0.05) is 47.5 Å². The van der Waals surface area contributed by atoms with E-state index in [0.29, 0.717) is 12.1 Å². The number of benzene rings is 2. The van der Waals surface area contributed by atoms with E-state index in [1.807, 2.05) is 0 Å². The minimum Gasteiger partial charge on any atom is -0.451 e. The quantitative estimate of drug-likeness (QED) is 0.245. The number of carbonyl (C=O) groups is 2. The van der Waals surface area contributed by atoms with Gasteiger partial charge in [-0.15, -0.1) is 0 Å². The lowest BCUT2D eigenvalue weighted by molar-refractivity contribution is -0.153. The summed E-state index contributed by atoms with van der Waals surface area (Å²) in [5.74, 6) is -5.20. The Labute approximate surface area is 219 Å². The van der Waals surface area contributed by atoms with E-state index in [1.54, 1.807) is 24.3 Å². The molecule has 0 bridgehead atoms. The van der Waals surface area contributed by atoms with Gasteiger partial charge in [0, 0.05) is 23.3 Å². The highest BCUT2D eigenvalue weighted by molar-refractivity contribution is 6.33. The Balaban J connectivity index is 0.000000211. The maximum Gasteiger partial charge on any atom is 0.449 e. The third kappa shape index (κ3) is 6.32. The molecule has 14 heteroatoms. The van der Waals surface area contributed by atoms with Crippen molar-refractivity contribution in [1.29, 1.82) is 0 Å². The summed E-state index contributed by atoms with van der Waals surface area (Å²) in [4.78, 5) is 22.4. The predicted octanol–water partition coefficient (Wildman–Crippen LogP) is 7.44. The molecule has 4 N–H and O–H groups in total. The first-order valence-electron chi connectivity index (χ1n) is 10.1. The van der Waals surface area contributed by atoms with E-state index < -0.39 is 35.7 Å². The van der Waals surface area contributed by atoms with Gasteiger partial charge in [0.15, 0.2) is 0 Å². The molecule has 0 aliphatic heterocycles. The Morgan fingerprint density at radius 2 is 0.947 bits per heavy atom. The third-order valence-corrected chi connectivity index (χ3v) is 5.45. The van der Waals surface area contributed by atoms with Crippen molar-refractivity contribution < 1.29 is 44.8 Å². The third-order valence-electron chi connectivity index (χ3n) is 4.79. The van der Waals surface area contributed by atoms with E-state index in [-0.39, 0.29) is 43.8 Å². The van der Waals surface area contributed by atoms with Crippen molar-refractivity contribution in [3.8, 4) is 22.6 Å². The van der Waals surface area contributed by atoms with Gasteiger partial charge in [-0.25, -0.2) is 0 Å². The molecule has 2 amide bonds. The van der Waals surface area contributed by atoms with Crippen molar-refractivity contribution in [3.05, 3.63) is 93.4 Å². The van der Waals surface area contributed by atoms with Gasteiger partial charge in [0.05, 0.1) is 21.2 Å². The molecular weight excluding hydrogens is 565 g/mol. The number of amides is 2. The van der Waals surface area contributed by atoms with Crippen LogP contribution < -0.4 is 11.5 Å². The lowest BCUT2D eigenvalue weighted by Gasteiger charge is -2.03. The zero-order chi connectivity index (χ0) is 28.4. The van der Waals surface area contributed by atoms with Crippen LogP contribution in [0.4, 0.5) is 26.3 Å². The number of furan rings is 2. The number of halogens is 8. The first kappa shape index (κ1) is 28.7. The summed E-state index contributed by atoms with van der Waals surface area (Å²) in [7, 11) is 0. The molecule has 0 aliphatic carbocycles. The van der Waals surface area contributed by atoms with Crippen molar-refractivity contribution >= 4 is 35.0 Å². The van der Waals surface area contributed by atoms with E-state index in [0.717, 1.165) is 0 Å². The molecule has 6 nitrogen and oxygen atoms in total. The lowest BCUT2D eigenvalue weighted by Crippen LogP contribution is -2.11. The van der Waals surface area contributed by atoms with Crippen molar-refractivity contribution in [2.24, 2.45) is 11.5 Å². The molecule has 0 radical (unpaired) electrons. The van der Waals surface area contributed by atoms with Gasteiger partial charge in [-0.05, 0) is 24.3 Å². The average molecular weight is 579 g/mol. The molecule has 0 atom stereocenters. The van der Waals surface area contributed by atoms with E-state index in [9.17, 15) is 35.9 Å². The van der Waals surface area contributed by atoms with Crippen LogP contribution in [0.3, 0.4) is 0 Å². The molecule has 2 aromatic heterocycles. The van der Waals surface area contributed by atoms with Gasteiger partial charge in [-0.3, -0.25) is 9.59 Å². The lowest BCUT2D eigenvalue weighted by atomic mass is 10.1. The van der Waals surface area contributed by atoms with Crippen LogP contribution >= 0.6 is 23.2 Å². The second-order valence-corrected chi connectivity index (χ2v) is 8.21. The van der Waals surface area contributed by atoms with E-state index >= 15 is 0 Å². The van der Waals surface area contributed by atoms with Crippen molar-refractivity contribution in [3.63, 3.8) is 0 Å². The van der Waals surface area contributed by atoms with E-state index in [1.165, 1.54) is 24.3 Å². The Morgan fingerprint density at radius 3 is 1.21 bits per heavy atom. The van der Waals surface area contributed by atoms with Gasteiger partial charge in [-0.2, -0.15) is 26.3 Å². The summed E-state index contributed by atoms with van der Waals surface area (Å²) in [6, 6.07) is 13.3. The van der Waals surface area contributed by atoms with Crippen LogP contribution in [-0.4, -0.2) is 11.8 Å². The number of carbonyl (C=O) groups excluding carboxylic acids is 2. The molecular formula is C24H14Cl2F6N2O4. The van der Waals surface area contributed by atoms with Crippen LogP contribution in [0.2, 0.25) is 10.0 Å². The fourth-order valence-electron chi connectivity index (χ4n) is 3.12. The SMILES string of the molecule is NC(=O)c1cc(C(F)(F)F)oc1-c1ccccc1Cl.NC(=O)c1cc(C(F)(F)F)oc1-c1ccccc1Cl. The first-order valence-corrected chi connectivity index (χ1v) is 10.9. The molecule has 0 saturated carbocycles. The minimum absolute atomic E-state index is 0.160. The van der Waals surface area contributed by atoms with Crippen molar-refractivity contribution in [2.75, 3.05) is 0 Å². The summed E-state index contributed by atoms with van der Waals surface area (Å²) < 4.78 is 84.9. The van der Waals surface area contributed by atoms with Crippen LogP contribution in [-0.2, 0) is 12.4 Å². The molecule has 2 aromatic carbocycles. The number of nitrogens with two attached hydrogens (primary N) is 2. The summed E-state index contributed by atoms with van der Waals surface area (Å²) in [6.45, 7) is 0. The molecule has 200 valence electrons. The summed E-state index contributed by atoms with van der Waals surface area (Å²) >= 11 is 11.7. The molecule has 4 rings (SSSR count). The fourth-order valence-corrected chi connectivity index (χ4v) is 3.56. The van der Waals surface area contributed by atoms with Gasteiger partial charge < -0.3 is 20.3 Å². The van der Waals surface area contributed by atoms with Crippen molar-refractivity contribution in [2.45, 2.75) is 12.4 Å². The number of hydrogen-bond acceptors (Lipinski definition) is 4. The topological polar surface area (TPSA) is 112 Å². The Kier molecular flexibility index (Phi) is 8.18. The Hall–Kier alpha value is -3.90. The molecule has 0 aliphatic rings. The Morgan fingerprint density at radius 1 is 0.632 bits per heavy atom. The van der Waals surface area contributed by atoms with Crippen LogP contribution in [0.15, 0.2) is 69.5 Å². The highest BCUT2D eigenvalue weighted by Crippen LogP contribution is 2.39. The monoisotopic (exact) mass is 578 g/mol. The zero-order valence-corrected chi connectivity index (χ0v) is 20.1. The molecule has 0 saturated heterocycles. The summed E-state index contributed by atoms with van der Waals surface area (Å²) in [5.41, 5.74) is 9.73. The van der Waals surface area contributed by atoms with Crippen LogP contribution in [0.5, 0.6) is 0 Å².